The molecule has 1 saturated heterocycles. The number of ether oxygens (including phenoxy) is 2. The Kier molecular flexibility index (Phi) is 7.21. The molecule has 10 nitrogen and oxygen atoms in total. The molecule has 0 aliphatic carbocycles. The van der Waals surface area contributed by atoms with Crippen LogP contribution in [0.4, 0.5) is 21.0 Å². The van der Waals surface area contributed by atoms with E-state index in [4.69, 9.17) is 9.47 Å². The molecule has 1 aliphatic heterocycles. The molecular formula is C21H21N3O7S. The Morgan fingerprint density at radius 3 is 2.44 bits per heavy atom. The second-order valence-electron chi connectivity index (χ2n) is 6.79. The highest BCUT2D eigenvalue weighted by atomic mass is 32.2. The van der Waals surface area contributed by atoms with Gasteiger partial charge in [-0.25, -0.2) is 4.79 Å². The summed E-state index contributed by atoms with van der Waals surface area (Å²) < 4.78 is 10.6. The van der Waals surface area contributed by atoms with Crippen LogP contribution in [0.5, 0.6) is 11.5 Å². The summed E-state index contributed by atoms with van der Waals surface area (Å²) in [4.78, 5) is 47.5. The second kappa shape index (κ2) is 10.1. The summed E-state index contributed by atoms with van der Waals surface area (Å²) in [5.74, 6) is 0.113. The number of hydrogen-bond acceptors (Lipinski definition) is 7. The zero-order valence-electron chi connectivity index (χ0n) is 17.3. The normalized spacial score (nSPS) is 15.1. The monoisotopic (exact) mass is 459 g/mol. The van der Waals surface area contributed by atoms with Gasteiger partial charge in [-0.15, -0.1) is 0 Å². The maximum Gasteiger partial charge on any atom is 0.411 e. The molecule has 0 radical (unpaired) electrons. The van der Waals surface area contributed by atoms with Crippen molar-refractivity contribution in [2.24, 2.45) is 0 Å². The van der Waals surface area contributed by atoms with Gasteiger partial charge in [0, 0.05) is 13.1 Å². The zero-order valence-corrected chi connectivity index (χ0v) is 18.1. The van der Waals surface area contributed by atoms with Crippen molar-refractivity contribution < 1.29 is 33.8 Å². The fourth-order valence-corrected chi connectivity index (χ4v) is 3.78. The van der Waals surface area contributed by atoms with E-state index in [-0.39, 0.29) is 23.4 Å². The van der Waals surface area contributed by atoms with Crippen LogP contribution in [-0.2, 0) is 16.0 Å². The molecule has 1 aliphatic rings. The van der Waals surface area contributed by atoms with Crippen molar-refractivity contribution in [1.29, 1.82) is 0 Å². The number of hydrogen-bond donors (Lipinski definition) is 3. The van der Waals surface area contributed by atoms with Crippen LogP contribution >= 0.6 is 11.8 Å². The summed E-state index contributed by atoms with van der Waals surface area (Å²) in [6, 6.07) is 11.5. The molecule has 2 aromatic carbocycles. The summed E-state index contributed by atoms with van der Waals surface area (Å²) in [7, 11) is 2.81. The van der Waals surface area contributed by atoms with Crippen molar-refractivity contribution in [3.05, 3.63) is 48.0 Å². The summed E-state index contributed by atoms with van der Waals surface area (Å²) in [6.07, 6.45) is -0.789. The van der Waals surface area contributed by atoms with E-state index in [9.17, 15) is 24.3 Å². The van der Waals surface area contributed by atoms with Crippen LogP contribution in [0, 0.1) is 0 Å². The van der Waals surface area contributed by atoms with Crippen molar-refractivity contribution in [2.45, 2.75) is 11.7 Å². The number of rotatable bonds is 8. The van der Waals surface area contributed by atoms with E-state index < -0.39 is 17.3 Å². The van der Waals surface area contributed by atoms with Crippen LogP contribution in [0.2, 0.25) is 0 Å². The van der Waals surface area contributed by atoms with Gasteiger partial charge in [0.05, 0.1) is 23.7 Å². The molecule has 1 fully saturated rings. The van der Waals surface area contributed by atoms with Crippen LogP contribution in [0.1, 0.15) is 5.56 Å². The van der Waals surface area contributed by atoms with Crippen molar-refractivity contribution in [3.8, 4) is 11.5 Å². The van der Waals surface area contributed by atoms with Crippen molar-refractivity contribution in [2.75, 3.05) is 31.0 Å². The van der Waals surface area contributed by atoms with E-state index in [2.05, 4.69) is 10.6 Å². The van der Waals surface area contributed by atoms with Gasteiger partial charge < -0.3 is 19.9 Å². The third-order valence-electron chi connectivity index (χ3n) is 4.61. The number of carbonyl (C=O) groups excluding carboxylic acids is 3. The van der Waals surface area contributed by atoms with Crippen LogP contribution in [0.3, 0.4) is 0 Å². The molecule has 1 atom stereocenters. The first-order valence-electron chi connectivity index (χ1n) is 9.44. The molecule has 2 aromatic rings. The Morgan fingerprint density at radius 2 is 1.84 bits per heavy atom. The minimum absolute atomic E-state index is 0.252. The molecule has 1 unspecified atom stereocenters. The predicted molar refractivity (Wildman–Crippen MR) is 119 cm³/mol. The van der Waals surface area contributed by atoms with Gasteiger partial charge in [-0.2, -0.15) is 0 Å². The highest BCUT2D eigenvalue weighted by Crippen LogP contribution is 2.30. The Bertz CT molecular complexity index is 1040. The smallest absolute Gasteiger partial charge is 0.411 e. The number of imide groups is 1. The lowest BCUT2D eigenvalue weighted by molar-refractivity contribution is -0.119. The van der Waals surface area contributed by atoms with Gasteiger partial charge in [-0.05, 0) is 36.2 Å². The molecule has 11 heteroatoms. The Morgan fingerprint density at radius 1 is 1.16 bits per heavy atom. The lowest BCUT2D eigenvalue weighted by Gasteiger charge is -2.19. The van der Waals surface area contributed by atoms with E-state index >= 15 is 0 Å². The summed E-state index contributed by atoms with van der Waals surface area (Å²) >= 11 is 0.963. The molecule has 3 rings (SSSR count). The van der Waals surface area contributed by atoms with E-state index in [0.717, 1.165) is 22.2 Å². The minimum Gasteiger partial charge on any atom is -0.497 e. The lowest BCUT2D eigenvalue weighted by atomic mass is 10.1. The summed E-state index contributed by atoms with van der Waals surface area (Å²) in [6.45, 7) is -0.295. The highest BCUT2D eigenvalue weighted by Gasteiger charge is 2.31. The van der Waals surface area contributed by atoms with Gasteiger partial charge >= 0.3 is 6.09 Å². The maximum atomic E-state index is 12.3. The third-order valence-corrected chi connectivity index (χ3v) is 5.59. The standard InChI is InChI=1S/C21H21N3O7S/c1-24(21(28)29)16-10-14(30-2)7-8-15(16)22-18(25)11-31-13-5-3-12(4-6-13)9-17-19(26)23-20(27)32-17/h3-8,10,17H,9,11H2,1-2H3,(H,22,25)(H,28,29)(H,23,26,27). The Labute approximate surface area is 187 Å². The predicted octanol–water partition coefficient (Wildman–Crippen LogP) is 2.72. The molecule has 3 N–H and O–H groups in total. The lowest BCUT2D eigenvalue weighted by Crippen LogP contribution is -2.27. The Hall–Kier alpha value is -3.73. The van der Waals surface area contributed by atoms with E-state index in [1.54, 1.807) is 36.4 Å². The van der Waals surface area contributed by atoms with Gasteiger partial charge in [0.1, 0.15) is 11.5 Å². The number of carboxylic acid groups (broad SMARTS) is 1. The number of anilines is 2. The van der Waals surface area contributed by atoms with Crippen LogP contribution in [-0.4, -0.2) is 54.3 Å². The minimum atomic E-state index is -1.19. The first-order chi connectivity index (χ1) is 15.3. The Balaban J connectivity index is 1.57. The largest absolute Gasteiger partial charge is 0.497 e. The SMILES string of the molecule is COc1ccc(NC(=O)COc2ccc(CC3SC(=O)NC3=O)cc2)c(N(C)C(=O)O)c1. The number of thioether (sulfide) groups is 1. The number of amides is 4. The van der Waals surface area contributed by atoms with E-state index in [1.807, 2.05) is 0 Å². The molecule has 0 saturated carbocycles. The highest BCUT2D eigenvalue weighted by molar-refractivity contribution is 8.15. The second-order valence-corrected chi connectivity index (χ2v) is 7.97. The molecule has 32 heavy (non-hydrogen) atoms. The zero-order chi connectivity index (χ0) is 23.3. The van der Waals surface area contributed by atoms with Gasteiger partial charge in [0.2, 0.25) is 5.91 Å². The number of benzene rings is 2. The summed E-state index contributed by atoms with van der Waals surface area (Å²) in [5.41, 5.74) is 1.40. The van der Waals surface area contributed by atoms with Crippen molar-refractivity contribution in [3.63, 3.8) is 0 Å². The topological polar surface area (TPSA) is 134 Å². The maximum absolute atomic E-state index is 12.3. The van der Waals surface area contributed by atoms with Crippen LogP contribution < -0.4 is 25.0 Å². The summed E-state index contributed by atoms with van der Waals surface area (Å²) in [5, 5.41) is 13.3. The fourth-order valence-electron chi connectivity index (χ4n) is 2.92. The van der Waals surface area contributed by atoms with Gasteiger partial charge in [0.25, 0.3) is 11.1 Å². The molecule has 0 aromatic heterocycles. The molecule has 1 heterocycles. The first kappa shape index (κ1) is 22.9. The van der Waals surface area contributed by atoms with Crippen molar-refractivity contribution in [1.82, 2.24) is 5.32 Å². The third kappa shape index (κ3) is 5.70. The number of nitrogens with zero attached hydrogens (tertiary/aromatic N) is 1. The quantitative estimate of drug-likeness (QED) is 0.549. The van der Waals surface area contributed by atoms with Gasteiger partial charge in [-0.3, -0.25) is 24.6 Å². The number of methoxy groups -OCH3 is 1. The average molecular weight is 459 g/mol. The van der Waals surface area contributed by atoms with Crippen LogP contribution in [0.25, 0.3) is 0 Å². The molecule has 168 valence electrons. The number of carbonyl (C=O) groups is 4. The number of nitrogens with one attached hydrogen (secondary N) is 2. The molecule has 4 amide bonds. The molecular weight excluding hydrogens is 438 g/mol. The van der Waals surface area contributed by atoms with E-state index in [1.165, 1.54) is 20.2 Å². The van der Waals surface area contributed by atoms with Crippen LogP contribution in [0.15, 0.2) is 42.5 Å². The fraction of sp³-hybridized carbons (Fsp3) is 0.238. The van der Waals surface area contributed by atoms with Gasteiger partial charge in [0.15, 0.2) is 6.61 Å². The van der Waals surface area contributed by atoms with Crippen molar-refractivity contribution >= 4 is 46.3 Å². The first-order valence-corrected chi connectivity index (χ1v) is 10.3. The molecule has 0 bridgehead atoms. The molecule has 0 spiro atoms. The van der Waals surface area contributed by atoms with Gasteiger partial charge in [-0.1, -0.05) is 23.9 Å². The van der Waals surface area contributed by atoms with E-state index in [0.29, 0.717) is 23.6 Å². The average Bonchev–Trinajstić information content (AvgIpc) is 3.09.